The first-order chi connectivity index (χ1) is 10.6. The fourth-order valence-corrected chi connectivity index (χ4v) is 2.71. The molecule has 114 valence electrons. The summed E-state index contributed by atoms with van der Waals surface area (Å²) in [6, 6.07) is 9.45. The van der Waals surface area contributed by atoms with E-state index in [0.717, 1.165) is 15.6 Å². The molecule has 0 saturated carbocycles. The predicted octanol–water partition coefficient (Wildman–Crippen LogP) is 2.57. The topological polar surface area (TPSA) is 68.5 Å². The van der Waals surface area contributed by atoms with E-state index in [0.29, 0.717) is 37.7 Å². The molecule has 3 rings (SSSR count). The summed E-state index contributed by atoms with van der Waals surface area (Å²) >= 11 is 3.37. The maximum absolute atomic E-state index is 12.4. The average molecular weight is 362 g/mol. The largest absolute Gasteiger partial charge is 0.383 e. The molecule has 1 fully saturated rings. The number of carbonyl (C=O) groups excluding carboxylic acids is 1. The van der Waals surface area contributed by atoms with Crippen LogP contribution in [0.25, 0.3) is 11.1 Å². The molecule has 0 bridgehead atoms. The lowest BCUT2D eigenvalue weighted by Gasteiger charge is -2.26. The van der Waals surface area contributed by atoms with E-state index in [9.17, 15) is 4.79 Å². The molecular formula is C16H16BrN3O2. The third-order valence-electron chi connectivity index (χ3n) is 3.63. The number of benzene rings is 1. The predicted molar refractivity (Wildman–Crippen MR) is 88.5 cm³/mol. The summed E-state index contributed by atoms with van der Waals surface area (Å²) in [6.45, 7) is 2.51. The second-order valence-corrected chi connectivity index (χ2v) is 5.93. The van der Waals surface area contributed by atoms with Crippen LogP contribution in [0.15, 0.2) is 41.0 Å². The third kappa shape index (κ3) is 3.13. The number of rotatable bonds is 2. The lowest BCUT2D eigenvalue weighted by Crippen LogP contribution is -2.40. The van der Waals surface area contributed by atoms with Gasteiger partial charge in [-0.15, -0.1) is 0 Å². The highest BCUT2D eigenvalue weighted by Gasteiger charge is 2.18. The van der Waals surface area contributed by atoms with Crippen LogP contribution in [0.2, 0.25) is 0 Å². The van der Waals surface area contributed by atoms with Gasteiger partial charge in [0, 0.05) is 30.4 Å². The van der Waals surface area contributed by atoms with Crippen molar-refractivity contribution in [2.24, 2.45) is 0 Å². The number of amides is 1. The van der Waals surface area contributed by atoms with E-state index >= 15 is 0 Å². The molecule has 2 heterocycles. The minimum atomic E-state index is 0.0476. The normalized spacial score (nSPS) is 14.9. The molecule has 1 aromatic carbocycles. The SMILES string of the molecule is Nc1ncc(-c2ccc(C(=O)N3CCOCC3)cc2)cc1Br. The Morgan fingerprint density at radius 2 is 1.86 bits per heavy atom. The second-order valence-electron chi connectivity index (χ2n) is 5.07. The maximum atomic E-state index is 12.4. The molecule has 5 nitrogen and oxygen atoms in total. The Morgan fingerprint density at radius 3 is 2.50 bits per heavy atom. The molecule has 0 aliphatic carbocycles. The van der Waals surface area contributed by atoms with Crippen LogP contribution in [-0.2, 0) is 4.74 Å². The van der Waals surface area contributed by atoms with Crippen molar-refractivity contribution < 1.29 is 9.53 Å². The number of halogens is 1. The summed E-state index contributed by atoms with van der Waals surface area (Å²) in [5.41, 5.74) is 8.33. The monoisotopic (exact) mass is 361 g/mol. The zero-order valence-electron chi connectivity index (χ0n) is 12.0. The number of pyridine rings is 1. The number of nitrogens with zero attached hydrogens (tertiary/aromatic N) is 2. The van der Waals surface area contributed by atoms with Gasteiger partial charge in [0.2, 0.25) is 0 Å². The number of hydrogen-bond donors (Lipinski definition) is 1. The first-order valence-electron chi connectivity index (χ1n) is 7.03. The number of hydrogen-bond acceptors (Lipinski definition) is 4. The van der Waals surface area contributed by atoms with Crippen LogP contribution in [0.4, 0.5) is 5.82 Å². The fraction of sp³-hybridized carbons (Fsp3) is 0.250. The summed E-state index contributed by atoms with van der Waals surface area (Å²) in [7, 11) is 0. The number of ether oxygens (including phenoxy) is 1. The van der Waals surface area contributed by atoms with Crippen LogP contribution >= 0.6 is 15.9 Å². The number of nitrogen functional groups attached to an aromatic ring is 1. The van der Waals surface area contributed by atoms with E-state index in [1.807, 2.05) is 35.2 Å². The molecule has 1 amide bonds. The first-order valence-corrected chi connectivity index (χ1v) is 7.83. The van der Waals surface area contributed by atoms with Crippen LogP contribution in [0, 0.1) is 0 Å². The molecule has 2 N–H and O–H groups in total. The van der Waals surface area contributed by atoms with Gasteiger partial charge in [0.1, 0.15) is 5.82 Å². The van der Waals surface area contributed by atoms with Crippen molar-refractivity contribution in [1.82, 2.24) is 9.88 Å². The molecular weight excluding hydrogens is 346 g/mol. The van der Waals surface area contributed by atoms with Gasteiger partial charge in [-0.1, -0.05) is 12.1 Å². The Bertz CT molecular complexity index is 682. The van der Waals surface area contributed by atoms with E-state index in [1.54, 1.807) is 6.20 Å². The molecule has 0 atom stereocenters. The van der Waals surface area contributed by atoms with E-state index in [4.69, 9.17) is 10.5 Å². The van der Waals surface area contributed by atoms with E-state index in [2.05, 4.69) is 20.9 Å². The van der Waals surface area contributed by atoms with Gasteiger partial charge < -0.3 is 15.4 Å². The molecule has 0 unspecified atom stereocenters. The molecule has 1 aliphatic rings. The van der Waals surface area contributed by atoms with Crippen molar-refractivity contribution in [1.29, 1.82) is 0 Å². The summed E-state index contributed by atoms with van der Waals surface area (Å²) in [5.74, 6) is 0.509. The van der Waals surface area contributed by atoms with Crippen molar-refractivity contribution in [2.75, 3.05) is 32.0 Å². The Morgan fingerprint density at radius 1 is 1.18 bits per heavy atom. The Hall–Kier alpha value is -1.92. The molecule has 0 spiro atoms. The molecule has 1 aliphatic heterocycles. The van der Waals surface area contributed by atoms with Crippen molar-refractivity contribution >= 4 is 27.7 Å². The van der Waals surface area contributed by atoms with Crippen LogP contribution in [0.3, 0.4) is 0 Å². The smallest absolute Gasteiger partial charge is 0.254 e. The van der Waals surface area contributed by atoms with Crippen molar-refractivity contribution in [3.63, 3.8) is 0 Å². The van der Waals surface area contributed by atoms with Gasteiger partial charge in [0.05, 0.1) is 17.7 Å². The quantitative estimate of drug-likeness (QED) is 0.892. The Labute approximate surface area is 137 Å². The fourth-order valence-electron chi connectivity index (χ4n) is 2.36. The van der Waals surface area contributed by atoms with Crippen LogP contribution < -0.4 is 5.73 Å². The lowest BCUT2D eigenvalue weighted by atomic mass is 10.0. The van der Waals surface area contributed by atoms with Gasteiger partial charge in [-0.2, -0.15) is 0 Å². The first kappa shape index (κ1) is 15.0. The summed E-state index contributed by atoms with van der Waals surface area (Å²) in [5, 5.41) is 0. The van der Waals surface area contributed by atoms with Crippen LogP contribution in [-0.4, -0.2) is 42.1 Å². The minimum Gasteiger partial charge on any atom is -0.383 e. The highest BCUT2D eigenvalue weighted by Crippen LogP contribution is 2.25. The zero-order chi connectivity index (χ0) is 15.5. The van der Waals surface area contributed by atoms with E-state index in [-0.39, 0.29) is 5.91 Å². The molecule has 22 heavy (non-hydrogen) atoms. The van der Waals surface area contributed by atoms with Crippen molar-refractivity contribution in [2.45, 2.75) is 0 Å². The zero-order valence-corrected chi connectivity index (χ0v) is 13.5. The third-order valence-corrected chi connectivity index (χ3v) is 4.27. The lowest BCUT2D eigenvalue weighted by molar-refractivity contribution is 0.0303. The highest BCUT2D eigenvalue weighted by atomic mass is 79.9. The standard InChI is InChI=1S/C16H16BrN3O2/c17-14-9-13(10-19-15(14)18)11-1-3-12(4-2-11)16(21)20-5-7-22-8-6-20/h1-4,9-10H,5-8H2,(H2,18,19). The van der Waals surface area contributed by atoms with Gasteiger partial charge in [-0.3, -0.25) is 4.79 Å². The minimum absolute atomic E-state index is 0.0476. The Kier molecular flexibility index (Phi) is 4.40. The average Bonchev–Trinajstić information content (AvgIpc) is 2.58. The number of nitrogens with two attached hydrogens (primary N) is 1. The van der Waals surface area contributed by atoms with Gasteiger partial charge in [-0.25, -0.2) is 4.98 Å². The Balaban J connectivity index is 1.79. The van der Waals surface area contributed by atoms with Gasteiger partial charge >= 0.3 is 0 Å². The van der Waals surface area contributed by atoms with Crippen molar-refractivity contribution in [3.8, 4) is 11.1 Å². The number of morpholine rings is 1. The van der Waals surface area contributed by atoms with Gasteiger partial charge in [-0.05, 0) is 39.7 Å². The number of aromatic nitrogens is 1. The second kappa shape index (κ2) is 6.46. The van der Waals surface area contributed by atoms with Crippen LogP contribution in [0.5, 0.6) is 0 Å². The number of carbonyl (C=O) groups is 1. The summed E-state index contributed by atoms with van der Waals surface area (Å²) in [6.07, 6.45) is 1.72. The number of anilines is 1. The van der Waals surface area contributed by atoms with E-state index < -0.39 is 0 Å². The van der Waals surface area contributed by atoms with Crippen molar-refractivity contribution in [3.05, 3.63) is 46.6 Å². The van der Waals surface area contributed by atoms with Gasteiger partial charge in [0.25, 0.3) is 5.91 Å². The van der Waals surface area contributed by atoms with Crippen LogP contribution in [0.1, 0.15) is 10.4 Å². The summed E-state index contributed by atoms with van der Waals surface area (Å²) in [4.78, 5) is 18.3. The van der Waals surface area contributed by atoms with E-state index in [1.165, 1.54) is 0 Å². The summed E-state index contributed by atoms with van der Waals surface area (Å²) < 4.78 is 6.03. The molecule has 6 heteroatoms. The molecule has 0 radical (unpaired) electrons. The highest BCUT2D eigenvalue weighted by molar-refractivity contribution is 9.10. The maximum Gasteiger partial charge on any atom is 0.254 e. The molecule has 1 saturated heterocycles. The molecule has 2 aromatic rings. The van der Waals surface area contributed by atoms with Gasteiger partial charge in [0.15, 0.2) is 0 Å². The molecule has 1 aromatic heterocycles.